The number of nitrogens with zero attached hydrogens (tertiary/aromatic N) is 1. The van der Waals surface area contributed by atoms with Gasteiger partial charge in [-0.15, -0.1) is 0 Å². The van der Waals surface area contributed by atoms with Crippen LogP contribution in [0.15, 0.2) is 23.1 Å². The minimum atomic E-state index is -4.12. The third-order valence-corrected chi connectivity index (χ3v) is 6.48. The zero-order chi connectivity index (χ0) is 19.2. The van der Waals surface area contributed by atoms with Gasteiger partial charge in [0.1, 0.15) is 0 Å². The van der Waals surface area contributed by atoms with Gasteiger partial charge in [0.05, 0.1) is 4.90 Å². The first-order valence-electron chi connectivity index (χ1n) is 8.89. The van der Waals surface area contributed by atoms with Crippen molar-refractivity contribution in [2.75, 3.05) is 6.54 Å². The van der Waals surface area contributed by atoms with E-state index in [1.807, 2.05) is 0 Å². The van der Waals surface area contributed by atoms with Crippen LogP contribution in [0.4, 0.5) is 0 Å². The number of fused-ring (bicyclic) bond motifs is 2. The molecule has 1 aliphatic heterocycles. The normalized spacial score (nSPS) is 19.0. The third kappa shape index (κ3) is 3.23. The molecular weight excluding hydrogens is 368 g/mol. The zero-order valence-electron chi connectivity index (χ0n) is 14.8. The summed E-state index contributed by atoms with van der Waals surface area (Å²) in [7, 11) is -4.12. The van der Waals surface area contributed by atoms with E-state index in [-0.39, 0.29) is 16.5 Å². The van der Waals surface area contributed by atoms with Crippen molar-refractivity contribution in [2.24, 2.45) is 5.92 Å². The molecule has 2 heterocycles. The molecule has 0 fully saturated rings. The number of hydrogen-bond donors (Lipinski definition) is 3. The topological polar surface area (TPSA) is 121 Å². The molecule has 0 spiro atoms. The zero-order valence-corrected chi connectivity index (χ0v) is 15.6. The molecule has 1 aliphatic carbocycles. The number of sulfonamides is 1. The van der Waals surface area contributed by atoms with Gasteiger partial charge >= 0.3 is 0 Å². The van der Waals surface area contributed by atoms with E-state index in [9.17, 15) is 18.0 Å². The highest BCUT2D eigenvalue weighted by Crippen LogP contribution is 2.26. The lowest BCUT2D eigenvalue weighted by atomic mass is 9.88. The Kier molecular flexibility index (Phi) is 4.26. The van der Waals surface area contributed by atoms with E-state index in [4.69, 9.17) is 0 Å². The molecule has 2 aliphatic rings. The molecule has 0 saturated heterocycles. The summed E-state index contributed by atoms with van der Waals surface area (Å²) in [5.41, 5.74) is 2.91. The number of rotatable bonds is 3. The lowest BCUT2D eigenvalue weighted by molar-refractivity contribution is 0.0944. The minimum absolute atomic E-state index is 0.121. The van der Waals surface area contributed by atoms with Gasteiger partial charge in [0.25, 0.3) is 21.8 Å². The summed E-state index contributed by atoms with van der Waals surface area (Å²) in [6.07, 6.45) is 3.13. The van der Waals surface area contributed by atoms with Crippen LogP contribution in [0.25, 0.3) is 0 Å². The maximum absolute atomic E-state index is 12.7. The van der Waals surface area contributed by atoms with Crippen molar-refractivity contribution in [3.05, 3.63) is 46.3 Å². The molecular formula is C18H20N4O4S. The summed E-state index contributed by atoms with van der Waals surface area (Å²) in [4.78, 5) is 24.4. The Morgan fingerprint density at radius 3 is 2.93 bits per heavy atom. The van der Waals surface area contributed by atoms with Gasteiger partial charge in [-0.3, -0.25) is 14.7 Å². The summed E-state index contributed by atoms with van der Waals surface area (Å²) in [5.74, 6) is -0.656. The molecule has 8 nitrogen and oxygen atoms in total. The summed E-state index contributed by atoms with van der Waals surface area (Å²) in [5, 5.41) is 9.55. The van der Waals surface area contributed by atoms with Crippen molar-refractivity contribution < 1.29 is 18.0 Å². The van der Waals surface area contributed by atoms with E-state index >= 15 is 0 Å². The first-order valence-corrected chi connectivity index (χ1v) is 10.4. The summed E-state index contributed by atoms with van der Waals surface area (Å²) >= 11 is 0. The average molecular weight is 388 g/mol. The standard InChI is InChI=1S/C18H20N4O4S/c1-10-2-5-15-14(8-10)16(21-20-15)18(24)22-27(25,26)12-4-3-11-6-7-19-17(23)13(11)9-12/h3-4,9-10H,2,5-8H2,1H3,(H,19,23)(H,20,21)(H,22,24). The molecule has 1 atom stereocenters. The molecule has 142 valence electrons. The number of carbonyl (C=O) groups excluding carboxylic acids is 2. The fourth-order valence-electron chi connectivity index (χ4n) is 3.64. The lowest BCUT2D eigenvalue weighted by Gasteiger charge is -2.18. The van der Waals surface area contributed by atoms with Gasteiger partial charge in [0.2, 0.25) is 0 Å². The molecule has 0 bridgehead atoms. The van der Waals surface area contributed by atoms with E-state index in [0.29, 0.717) is 30.9 Å². The molecule has 9 heteroatoms. The highest BCUT2D eigenvalue weighted by Gasteiger charge is 2.28. The van der Waals surface area contributed by atoms with Gasteiger partial charge in [0, 0.05) is 23.4 Å². The highest BCUT2D eigenvalue weighted by molar-refractivity contribution is 7.90. The second-order valence-corrected chi connectivity index (χ2v) is 8.82. The third-order valence-electron chi connectivity index (χ3n) is 5.15. The van der Waals surface area contributed by atoms with Crippen LogP contribution in [0.2, 0.25) is 0 Å². The van der Waals surface area contributed by atoms with Crippen LogP contribution in [0.1, 0.15) is 51.0 Å². The van der Waals surface area contributed by atoms with E-state index in [1.165, 1.54) is 12.1 Å². The Hall–Kier alpha value is -2.68. The molecule has 4 rings (SSSR count). The van der Waals surface area contributed by atoms with E-state index < -0.39 is 15.9 Å². The molecule has 1 unspecified atom stereocenters. The van der Waals surface area contributed by atoms with Gasteiger partial charge in [-0.2, -0.15) is 5.10 Å². The van der Waals surface area contributed by atoms with Gasteiger partial charge in [-0.25, -0.2) is 13.1 Å². The predicted molar refractivity (Wildman–Crippen MR) is 96.9 cm³/mol. The van der Waals surface area contributed by atoms with E-state index in [0.717, 1.165) is 29.7 Å². The Morgan fingerprint density at radius 1 is 1.30 bits per heavy atom. The smallest absolute Gasteiger partial charge is 0.285 e. The Bertz CT molecular complexity index is 1040. The number of benzene rings is 1. The van der Waals surface area contributed by atoms with Crippen LogP contribution < -0.4 is 10.0 Å². The van der Waals surface area contributed by atoms with Gasteiger partial charge in [0.15, 0.2) is 5.69 Å². The molecule has 1 aromatic heterocycles. The Labute approximate surface area is 156 Å². The monoisotopic (exact) mass is 388 g/mol. The maximum Gasteiger partial charge on any atom is 0.285 e. The fourth-order valence-corrected chi connectivity index (χ4v) is 4.62. The second kappa shape index (κ2) is 6.49. The number of nitrogens with one attached hydrogen (secondary N) is 3. The Balaban J connectivity index is 1.61. The molecule has 0 saturated carbocycles. The average Bonchev–Trinajstić information content (AvgIpc) is 3.04. The molecule has 27 heavy (non-hydrogen) atoms. The van der Waals surface area contributed by atoms with E-state index in [1.54, 1.807) is 6.07 Å². The van der Waals surface area contributed by atoms with Crippen LogP contribution in [-0.4, -0.2) is 37.0 Å². The number of H-pyrrole nitrogens is 1. The predicted octanol–water partition coefficient (Wildman–Crippen LogP) is 0.939. The lowest BCUT2D eigenvalue weighted by Crippen LogP contribution is -2.34. The number of aromatic nitrogens is 2. The van der Waals surface area contributed by atoms with Crippen molar-refractivity contribution in [3.8, 4) is 0 Å². The van der Waals surface area contributed by atoms with Crippen LogP contribution in [0, 0.1) is 5.92 Å². The largest absolute Gasteiger partial charge is 0.352 e. The Morgan fingerprint density at radius 2 is 2.11 bits per heavy atom. The first kappa shape index (κ1) is 17.7. The molecule has 2 aromatic rings. The van der Waals surface area contributed by atoms with E-state index in [2.05, 4.69) is 27.2 Å². The van der Waals surface area contributed by atoms with Crippen LogP contribution in [0.3, 0.4) is 0 Å². The van der Waals surface area contributed by atoms with Crippen molar-refractivity contribution in [2.45, 2.75) is 37.5 Å². The SMILES string of the molecule is CC1CCc2[nH]nc(C(=O)NS(=O)(=O)c3ccc4c(c3)C(=O)NCC4)c2C1. The maximum atomic E-state index is 12.7. The van der Waals surface area contributed by atoms with Crippen molar-refractivity contribution in [1.29, 1.82) is 0 Å². The number of aryl methyl sites for hydroxylation is 1. The number of aromatic amines is 1. The fraction of sp³-hybridized carbons (Fsp3) is 0.389. The number of hydrogen-bond acceptors (Lipinski definition) is 5. The van der Waals surface area contributed by atoms with Crippen LogP contribution in [0.5, 0.6) is 0 Å². The van der Waals surface area contributed by atoms with Crippen molar-refractivity contribution in [3.63, 3.8) is 0 Å². The number of carbonyl (C=O) groups is 2. The van der Waals surface area contributed by atoms with Crippen molar-refractivity contribution in [1.82, 2.24) is 20.2 Å². The first-order chi connectivity index (χ1) is 12.8. The van der Waals surface area contributed by atoms with Gasteiger partial charge < -0.3 is 5.32 Å². The quantitative estimate of drug-likeness (QED) is 0.723. The van der Waals surface area contributed by atoms with Gasteiger partial charge in [-0.1, -0.05) is 13.0 Å². The highest BCUT2D eigenvalue weighted by atomic mass is 32.2. The number of amides is 2. The molecule has 2 amide bonds. The molecule has 3 N–H and O–H groups in total. The summed E-state index contributed by atoms with van der Waals surface area (Å²) in [6, 6.07) is 4.34. The summed E-state index contributed by atoms with van der Waals surface area (Å²) in [6.45, 7) is 2.61. The van der Waals surface area contributed by atoms with Gasteiger partial charge in [-0.05, 0) is 49.3 Å². The van der Waals surface area contributed by atoms with Crippen LogP contribution >= 0.6 is 0 Å². The summed E-state index contributed by atoms with van der Waals surface area (Å²) < 4.78 is 27.4. The second-order valence-electron chi connectivity index (χ2n) is 7.14. The van der Waals surface area contributed by atoms with Crippen LogP contribution in [-0.2, 0) is 29.3 Å². The molecule has 0 radical (unpaired) electrons. The minimum Gasteiger partial charge on any atom is -0.352 e. The molecule has 1 aromatic carbocycles. The van der Waals surface area contributed by atoms with Crippen molar-refractivity contribution >= 4 is 21.8 Å².